The Morgan fingerprint density at radius 1 is 1.02 bits per heavy atom. The molecule has 0 radical (unpaired) electrons. The number of fused-ring (bicyclic) bond motifs is 5. The number of carbonyl (C=O) groups is 2. The third kappa shape index (κ3) is 8.70. The van der Waals surface area contributed by atoms with Crippen molar-refractivity contribution in [2.75, 3.05) is 40.4 Å². The van der Waals surface area contributed by atoms with Crippen LogP contribution in [0.1, 0.15) is 80.2 Å². The lowest BCUT2D eigenvalue weighted by molar-refractivity contribution is -0.302. The molecule has 5 aliphatic rings. The molecule has 330 valence electrons. The average Bonchev–Trinajstić information content (AvgIpc) is 3.36. The van der Waals surface area contributed by atoms with Crippen molar-refractivity contribution in [2.45, 2.75) is 141 Å². The predicted molar refractivity (Wildman–Crippen MR) is 227 cm³/mol. The maximum atomic E-state index is 14.6. The lowest BCUT2D eigenvalue weighted by Crippen LogP contribution is -2.60. The van der Waals surface area contributed by atoms with Crippen molar-refractivity contribution in [3.8, 4) is 0 Å². The van der Waals surface area contributed by atoms with Gasteiger partial charge in [-0.25, -0.2) is 4.79 Å². The highest BCUT2D eigenvalue weighted by atomic mass is 16.7. The number of cyclic esters (lactones) is 1. The second-order valence-electron chi connectivity index (χ2n) is 18.5. The Bertz CT molecular complexity index is 1930. The Morgan fingerprint density at radius 3 is 2.50 bits per heavy atom. The summed E-state index contributed by atoms with van der Waals surface area (Å²) in [5.74, 6) is -2.22. The van der Waals surface area contributed by atoms with Crippen molar-refractivity contribution in [3.63, 3.8) is 0 Å². The third-order valence-electron chi connectivity index (χ3n) is 13.8. The van der Waals surface area contributed by atoms with Crippen LogP contribution < -0.4 is 0 Å². The number of hydrogen-bond acceptors (Lipinski definition) is 13. The zero-order valence-electron chi connectivity index (χ0n) is 37.0. The van der Waals surface area contributed by atoms with Crippen LogP contribution in [0.25, 0.3) is 10.8 Å². The Morgan fingerprint density at radius 2 is 1.77 bits per heavy atom. The summed E-state index contributed by atoms with van der Waals surface area (Å²) in [5, 5.41) is 18.6. The van der Waals surface area contributed by atoms with Gasteiger partial charge in [-0.2, -0.15) is 0 Å². The summed E-state index contributed by atoms with van der Waals surface area (Å²) in [7, 11) is 3.88. The van der Waals surface area contributed by atoms with E-state index in [1.807, 2.05) is 71.8 Å². The molecule has 2 aromatic rings. The molecule has 0 spiro atoms. The maximum Gasteiger partial charge on any atom is 0.410 e. The van der Waals surface area contributed by atoms with Crippen LogP contribution in [0.15, 0.2) is 52.6 Å². The SMILES string of the molecule is CC[C@H]1OC(=O)[C@H](C)[C@H]2OC/C(=N\OCc3ccc4ccccc4c3)CO[C@](C)(C[C@@H](C)C3=NCCN4C(=O)O[C@@]1(C)[C@H]4[C@H]3C)[C@H](O[C@H]1O[C@@H](C)C[C@@H](N(C)C)[C@@H]1O)[C@H]2C. The van der Waals surface area contributed by atoms with Gasteiger partial charge >= 0.3 is 12.1 Å². The van der Waals surface area contributed by atoms with Gasteiger partial charge in [-0.3, -0.25) is 14.7 Å². The number of carbonyl (C=O) groups excluding carboxylic acids is 2. The van der Waals surface area contributed by atoms with Gasteiger partial charge in [-0.1, -0.05) is 69.2 Å². The van der Waals surface area contributed by atoms with Gasteiger partial charge in [0.1, 0.15) is 24.5 Å². The molecule has 60 heavy (non-hydrogen) atoms. The van der Waals surface area contributed by atoms with E-state index < -0.39 is 71.8 Å². The first-order valence-corrected chi connectivity index (χ1v) is 21.8. The number of aliphatic hydroxyl groups is 1. The molecule has 0 aromatic heterocycles. The average molecular weight is 835 g/mol. The molecule has 5 heterocycles. The Hall–Kier alpha value is -3.66. The summed E-state index contributed by atoms with van der Waals surface area (Å²) in [6, 6.07) is 13.7. The minimum Gasteiger partial charge on any atom is -0.458 e. The molecule has 1 N–H and O–H groups in total. The van der Waals surface area contributed by atoms with E-state index in [2.05, 4.69) is 43.3 Å². The van der Waals surface area contributed by atoms with Crippen molar-refractivity contribution in [2.24, 2.45) is 33.8 Å². The lowest BCUT2D eigenvalue weighted by atomic mass is 9.72. The third-order valence-corrected chi connectivity index (χ3v) is 13.8. The molecule has 4 saturated heterocycles. The number of oxime groups is 1. The predicted octanol–water partition coefficient (Wildman–Crippen LogP) is 6.00. The van der Waals surface area contributed by atoms with Crippen LogP contribution in [0.4, 0.5) is 4.79 Å². The quantitative estimate of drug-likeness (QED) is 0.259. The van der Waals surface area contributed by atoms with E-state index in [9.17, 15) is 14.7 Å². The highest BCUT2D eigenvalue weighted by Crippen LogP contribution is 2.45. The molecule has 0 aliphatic carbocycles. The number of benzene rings is 2. The molecule has 1 amide bonds. The number of likely N-dealkylation sites (N-methyl/N-ethyl adjacent to an activating group) is 1. The van der Waals surface area contributed by atoms with Gasteiger partial charge in [0.15, 0.2) is 11.9 Å². The van der Waals surface area contributed by atoms with Crippen molar-refractivity contribution < 1.29 is 48.0 Å². The fourth-order valence-corrected chi connectivity index (χ4v) is 10.7. The summed E-state index contributed by atoms with van der Waals surface area (Å²) in [4.78, 5) is 43.0. The van der Waals surface area contributed by atoms with Crippen molar-refractivity contribution >= 4 is 34.3 Å². The number of hydrogen-bond donors (Lipinski definition) is 1. The minimum absolute atomic E-state index is 0.0122. The topological polar surface area (TPSA) is 150 Å². The zero-order chi connectivity index (χ0) is 43.1. The maximum absolute atomic E-state index is 14.6. The van der Waals surface area contributed by atoms with E-state index in [4.69, 9.17) is 38.3 Å². The molecular weight excluding hydrogens is 769 g/mol. The van der Waals surface area contributed by atoms with Gasteiger partial charge in [0.05, 0.1) is 55.6 Å². The first kappa shape index (κ1) is 44.4. The normalized spacial score (nSPS) is 39.9. The number of nitrogens with zero attached hydrogens (tertiary/aromatic N) is 4. The van der Waals surface area contributed by atoms with Crippen molar-refractivity contribution in [3.05, 3.63) is 48.0 Å². The molecule has 2 aromatic carbocycles. The minimum atomic E-state index is -1.13. The molecule has 14 heteroatoms. The number of aliphatic imine (C=N–C) groups is 1. The smallest absolute Gasteiger partial charge is 0.410 e. The van der Waals surface area contributed by atoms with Crippen molar-refractivity contribution in [1.82, 2.24) is 9.80 Å². The standard InChI is InChI=1S/C46H66N4O10/c1-11-36-46(8)40-28(4)37(47-18-19-50(40)44(53)60-46)26(2)22-45(7)41(59-43-38(51)35(49(9)10)20-27(3)57-43)29(5)39(30(6)42(52)58-36)54-24-34(25-55-45)48-56-23-31-16-17-32-14-12-13-15-33(32)21-31/h12-17,21,26-30,35-36,38-41,43,51H,11,18-20,22-25H2,1-10H3/b48-34+/t26-,27+,28+,29+,30-,35-,36-,38+,39+,40-,41-,43-,45-,46-/m1/s1. The van der Waals surface area contributed by atoms with Crippen LogP contribution in [0.3, 0.4) is 0 Å². The molecule has 5 aliphatic heterocycles. The fourth-order valence-electron chi connectivity index (χ4n) is 10.7. The van der Waals surface area contributed by atoms with Crippen LogP contribution in [-0.4, -0.2) is 139 Å². The van der Waals surface area contributed by atoms with E-state index in [0.717, 1.165) is 22.0 Å². The van der Waals surface area contributed by atoms with Crippen LogP contribution in [-0.2, 0) is 44.7 Å². The Balaban J connectivity index is 1.30. The largest absolute Gasteiger partial charge is 0.458 e. The summed E-state index contributed by atoms with van der Waals surface area (Å²) in [5.41, 5.74) is 0.175. The second kappa shape index (κ2) is 18.0. The van der Waals surface area contributed by atoms with Gasteiger partial charge in [0.2, 0.25) is 0 Å². The zero-order valence-corrected chi connectivity index (χ0v) is 37.0. The Kier molecular flexibility index (Phi) is 13.3. The number of rotatable bonds is 7. The first-order valence-electron chi connectivity index (χ1n) is 21.8. The van der Waals surface area contributed by atoms with Crippen LogP contribution in [0.5, 0.6) is 0 Å². The van der Waals surface area contributed by atoms with Crippen LogP contribution in [0, 0.1) is 23.7 Å². The molecular formula is C46H66N4O10. The molecule has 0 unspecified atom stereocenters. The molecule has 0 saturated carbocycles. The molecule has 14 atom stereocenters. The summed E-state index contributed by atoms with van der Waals surface area (Å²) in [6.45, 7) is 16.9. The van der Waals surface area contributed by atoms with E-state index in [0.29, 0.717) is 38.1 Å². The highest BCUT2D eigenvalue weighted by molar-refractivity contribution is 5.91. The Labute approximate surface area is 354 Å². The van der Waals surface area contributed by atoms with Crippen LogP contribution >= 0.6 is 0 Å². The van der Waals surface area contributed by atoms with Crippen molar-refractivity contribution in [1.29, 1.82) is 0 Å². The number of aliphatic hydroxyl groups excluding tert-OH is 1. The van der Waals surface area contributed by atoms with Gasteiger partial charge < -0.3 is 43.3 Å². The first-order chi connectivity index (χ1) is 28.5. The molecule has 14 nitrogen and oxygen atoms in total. The van der Waals surface area contributed by atoms with Gasteiger partial charge in [-0.15, -0.1) is 0 Å². The van der Waals surface area contributed by atoms with Gasteiger partial charge in [-0.05, 0) is 89.4 Å². The van der Waals surface area contributed by atoms with E-state index in [-0.39, 0.29) is 43.8 Å². The summed E-state index contributed by atoms with van der Waals surface area (Å²) in [6.07, 6.45) is -3.38. The molecule has 4 fully saturated rings. The van der Waals surface area contributed by atoms with Gasteiger partial charge in [0.25, 0.3) is 0 Å². The lowest BCUT2D eigenvalue weighted by Gasteiger charge is -2.48. The fraction of sp³-hybridized carbons (Fsp3) is 0.696. The number of amides is 1. The van der Waals surface area contributed by atoms with E-state index >= 15 is 0 Å². The molecule has 7 rings (SSSR count). The molecule has 4 bridgehead atoms. The number of ether oxygens (including phenoxy) is 6. The summed E-state index contributed by atoms with van der Waals surface area (Å²) < 4.78 is 39.9. The second-order valence-corrected chi connectivity index (χ2v) is 18.5. The van der Waals surface area contributed by atoms with E-state index in [1.54, 1.807) is 11.8 Å². The van der Waals surface area contributed by atoms with Crippen LogP contribution in [0.2, 0.25) is 0 Å². The van der Waals surface area contributed by atoms with E-state index in [1.165, 1.54) is 0 Å². The monoisotopic (exact) mass is 834 g/mol. The summed E-state index contributed by atoms with van der Waals surface area (Å²) >= 11 is 0. The van der Waals surface area contributed by atoms with Gasteiger partial charge in [0, 0.05) is 30.1 Å². The highest BCUT2D eigenvalue weighted by Gasteiger charge is 2.60. The number of esters is 1.